The maximum atomic E-state index is 12.9. The van der Waals surface area contributed by atoms with Crippen LogP contribution in [0.1, 0.15) is 26.7 Å². The summed E-state index contributed by atoms with van der Waals surface area (Å²) >= 11 is 1.62. The van der Waals surface area contributed by atoms with Crippen molar-refractivity contribution in [3.8, 4) is 5.75 Å². The predicted octanol–water partition coefficient (Wildman–Crippen LogP) is 3.90. The fraction of sp³-hybridized carbons (Fsp3) is 0.222. The first-order chi connectivity index (χ1) is 11.7. The molecule has 3 rings (SSSR count). The van der Waals surface area contributed by atoms with Gasteiger partial charge in [0, 0.05) is 16.5 Å². The lowest BCUT2D eigenvalue weighted by atomic mass is 10.1. The van der Waals surface area contributed by atoms with Crippen LogP contribution in [0, 0.1) is 6.92 Å². The number of ether oxygens (including phenoxy) is 1. The van der Waals surface area contributed by atoms with E-state index in [0.29, 0.717) is 24.5 Å². The number of aryl methyl sites for hydroxylation is 1. The molecule has 0 aliphatic rings. The molecule has 5 nitrogen and oxygen atoms in total. The molecule has 0 radical (unpaired) electrons. The Morgan fingerprint density at radius 1 is 1.25 bits per heavy atom. The molecule has 0 unspecified atom stereocenters. The molecule has 0 aliphatic heterocycles. The quantitative estimate of drug-likeness (QED) is 0.682. The first-order valence-corrected chi connectivity index (χ1v) is 8.42. The Balaban J connectivity index is 1.88. The Hall–Kier alpha value is -2.60. The third-order valence-electron chi connectivity index (χ3n) is 3.61. The van der Waals surface area contributed by atoms with Crippen LogP contribution >= 0.6 is 11.3 Å². The third-order valence-corrected chi connectivity index (χ3v) is 4.48. The van der Waals surface area contributed by atoms with E-state index in [2.05, 4.69) is 5.16 Å². The number of aromatic nitrogens is 1. The van der Waals surface area contributed by atoms with E-state index in [1.54, 1.807) is 36.3 Å². The van der Waals surface area contributed by atoms with Crippen LogP contribution in [-0.4, -0.2) is 23.1 Å². The van der Waals surface area contributed by atoms with E-state index in [-0.39, 0.29) is 5.91 Å². The number of carbonyl (C=O) groups excluding carboxylic acids is 1. The van der Waals surface area contributed by atoms with Gasteiger partial charge in [-0.1, -0.05) is 29.4 Å². The molecule has 2 aromatic heterocycles. The highest BCUT2D eigenvalue weighted by atomic mass is 32.1. The summed E-state index contributed by atoms with van der Waals surface area (Å²) in [4.78, 5) is 15.7. The second kappa shape index (κ2) is 7.31. The van der Waals surface area contributed by atoms with Crippen molar-refractivity contribution < 1.29 is 14.1 Å². The highest BCUT2D eigenvalue weighted by Crippen LogP contribution is 2.22. The molecule has 3 aromatic rings. The molecule has 0 aliphatic carbocycles. The Morgan fingerprint density at radius 2 is 2.08 bits per heavy atom. The van der Waals surface area contributed by atoms with Gasteiger partial charge in [0.2, 0.25) is 0 Å². The van der Waals surface area contributed by atoms with Gasteiger partial charge in [-0.25, -0.2) is 0 Å². The number of hydrogen-bond acceptors (Lipinski definition) is 5. The van der Waals surface area contributed by atoms with Gasteiger partial charge in [-0.2, -0.15) is 0 Å². The molecule has 2 heterocycles. The van der Waals surface area contributed by atoms with Crippen LogP contribution < -0.4 is 4.74 Å². The molecule has 0 saturated heterocycles. The maximum Gasteiger partial charge on any atom is 0.276 e. The summed E-state index contributed by atoms with van der Waals surface area (Å²) in [6, 6.07) is 13.4. The van der Waals surface area contributed by atoms with E-state index in [9.17, 15) is 4.79 Å². The van der Waals surface area contributed by atoms with Crippen molar-refractivity contribution in [2.24, 2.45) is 0 Å². The predicted molar refractivity (Wildman–Crippen MR) is 92.1 cm³/mol. The van der Waals surface area contributed by atoms with Crippen molar-refractivity contribution in [3.63, 3.8) is 0 Å². The Labute approximate surface area is 144 Å². The molecule has 24 heavy (non-hydrogen) atoms. The zero-order chi connectivity index (χ0) is 16.9. The van der Waals surface area contributed by atoms with Crippen molar-refractivity contribution in [1.82, 2.24) is 10.1 Å². The van der Waals surface area contributed by atoms with Gasteiger partial charge in [0.1, 0.15) is 11.5 Å². The first kappa shape index (κ1) is 16.3. The van der Waals surface area contributed by atoms with E-state index in [0.717, 1.165) is 16.2 Å². The van der Waals surface area contributed by atoms with Crippen LogP contribution in [0.3, 0.4) is 0 Å². The number of carbonyl (C=O) groups is 1. The van der Waals surface area contributed by atoms with Crippen LogP contribution in [0.2, 0.25) is 0 Å². The average Bonchev–Trinajstić information content (AvgIpc) is 3.25. The summed E-state index contributed by atoms with van der Waals surface area (Å²) in [6.07, 6.45) is 0. The highest BCUT2D eigenvalue weighted by Gasteiger charge is 2.21. The summed E-state index contributed by atoms with van der Waals surface area (Å²) in [6.45, 7) is 2.72. The van der Waals surface area contributed by atoms with Gasteiger partial charge in [-0.15, -0.1) is 11.3 Å². The molecule has 0 spiro atoms. The van der Waals surface area contributed by atoms with Crippen molar-refractivity contribution >= 4 is 17.2 Å². The minimum absolute atomic E-state index is 0.161. The van der Waals surface area contributed by atoms with Crippen molar-refractivity contribution in [1.29, 1.82) is 0 Å². The molecular formula is C18H18N2O3S. The van der Waals surface area contributed by atoms with Gasteiger partial charge in [0.15, 0.2) is 5.69 Å². The number of benzene rings is 1. The standard InChI is InChI=1S/C18H18N2O3S/c1-13-10-16(19-23-13)18(21)20(12-15-7-5-9-24-15)11-14-6-3-4-8-17(14)22-2/h3-10H,11-12H2,1-2H3. The number of para-hydroxylation sites is 1. The number of thiophene rings is 1. The normalized spacial score (nSPS) is 10.6. The van der Waals surface area contributed by atoms with Crippen LogP contribution in [0.25, 0.3) is 0 Å². The lowest BCUT2D eigenvalue weighted by molar-refractivity contribution is 0.0720. The second-order valence-electron chi connectivity index (χ2n) is 5.38. The van der Waals surface area contributed by atoms with Crippen molar-refractivity contribution in [2.75, 3.05) is 7.11 Å². The summed E-state index contributed by atoms with van der Waals surface area (Å²) in [7, 11) is 1.63. The highest BCUT2D eigenvalue weighted by molar-refractivity contribution is 7.09. The van der Waals surface area contributed by atoms with Gasteiger partial charge >= 0.3 is 0 Å². The minimum atomic E-state index is -0.161. The molecule has 1 aromatic carbocycles. The molecule has 124 valence electrons. The number of nitrogens with zero attached hydrogens (tertiary/aromatic N) is 2. The fourth-order valence-corrected chi connectivity index (χ4v) is 3.18. The maximum absolute atomic E-state index is 12.9. The summed E-state index contributed by atoms with van der Waals surface area (Å²) in [5, 5.41) is 5.86. The molecule has 0 fully saturated rings. The lowest BCUT2D eigenvalue weighted by Gasteiger charge is -2.22. The Morgan fingerprint density at radius 3 is 2.75 bits per heavy atom. The van der Waals surface area contributed by atoms with Crippen LogP contribution in [-0.2, 0) is 13.1 Å². The van der Waals surface area contributed by atoms with Gasteiger partial charge in [0.05, 0.1) is 20.2 Å². The largest absolute Gasteiger partial charge is 0.496 e. The van der Waals surface area contributed by atoms with Crippen LogP contribution in [0.5, 0.6) is 5.75 Å². The summed E-state index contributed by atoms with van der Waals surface area (Å²) in [5.74, 6) is 1.22. The summed E-state index contributed by atoms with van der Waals surface area (Å²) in [5.41, 5.74) is 1.27. The smallest absolute Gasteiger partial charge is 0.276 e. The van der Waals surface area contributed by atoms with Crippen LogP contribution in [0.15, 0.2) is 52.4 Å². The lowest BCUT2D eigenvalue weighted by Crippen LogP contribution is -2.30. The van der Waals surface area contributed by atoms with Crippen LogP contribution in [0.4, 0.5) is 0 Å². The van der Waals surface area contributed by atoms with Gasteiger partial charge in [0.25, 0.3) is 5.91 Å². The molecule has 0 N–H and O–H groups in total. The van der Waals surface area contributed by atoms with Gasteiger partial charge < -0.3 is 14.2 Å². The van der Waals surface area contributed by atoms with Gasteiger partial charge in [-0.05, 0) is 24.4 Å². The molecule has 1 amide bonds. The molecular weight excluding hydrogens is 324 g/mol. The zero-order valence-corrected chi connectivity index (χ0v) is 14.4. The van der Waals surface area contributed by atoms with E-state index in [1.807, 2.05) is 41.8 Å². The fourth-order valence-electron chi connectivity index (χ4n) is 2.46. The number of amides is 1. The SMILES string of the molecule is COc1ccccc1CN(Cc1cccs1)C(=O)c1cc(C)on1. The molecule has 0 saturated carbocycles. The topological polar surface area (TPSA) is 55.6 Å². The molecule has 0 atom stereocenters. The Bertz CT molecular complexity index is 811. The summed E-state index contributed by atoms with van der Waals surface area (Å²) < 4.78 is 10.4. The molecule has 0 bridgehead atoms. The van der Waals surface area contributed by atoms with E-state index in [1.165, 1.54) is 0 Å². The van der Waals surface area contributed by atoms with Crippen molar-refractivity contribution in [2.45, 2.75) is 20.0 Å². The van der Waals surface area contributed by atoms with Crippen molar-refractivity contribution in [3.05, 3.63) is 69.7 Å². The van der Waals surface area contributed by atoms with E-state index >= 15 is 0 Å². The second-order valence-corrected chi connectivity index (χ2v) is 6.41. The number of rotatable bonds is 6. The minimum Gasteiger partial charge on any atom is -0.496 e. The third kappa shape index (κ3) is 3.65. The number of methoxy groups -OCH3 is 1. The average molecular weight is 342 g/mol. The zero-order valence-electron chi connectivity index (χ0n) is 13.6. The van der Waals surface area contributed by atoms with E-state index in [4.69, 9.17) is 9.26 Å². The first-order valence-electron chi connectivity index (χ1n) is 7.54. The molecule has 6 heteroatoms. The monoisotopic (exact) mass is 342 g/mol. The Kier molecular flexibility index (Phi) is 4.96. The van der Waals surface area contributed by atoms with Gasteiger partial charge in [-0.3, -0.25) is 4.79 Å². The van der Waals surface area contributed by atoms with E-state index < -0.39 is 0 Å². The number of hydrogen-bond donors (Lipinski definition) is 0.